The molecule has 0 heterocycles. The Labute approximate surface area is 203 Å². The first-order valence-corrected chi connectivity index (χ1v) is 10.7. The number of carbonyl (C=O) groups excluding carboxylic acids is 1. The van der Waals surface area contributed by atoms with E-state index >= 15 is 0 Å². The van der Waals surface area contributed by atoms with Crippen LogP contribution in [0.4, 0.5) is 45.2 Å². The molecule has 0 aliphatic heterocycles. The highest BCUT2D eigenvalue weighted by molar-refractivity contribution is 6.30. The van der Waals surface area contributed by atoms with Crippen LogP contribution in [0, 0.1) is 5.92 Å². The number of nitrogens with one attached hydrogen (secondary N) is 2. The lowest BCUT2D eigenvalue weighted by molar-refractivity contribution is -0.260. The lowest BCUT2D eigenvalue weighted by Gasteiger charge is -2.32. The molecule has 0 spiro atoms. The molecule has 4 nitrogen and oxygen atoms in total. The van der Waals surface area contributed by atoms with Gasteiger partial charge >= 0.3 is 18.5 Å². The average Bonchev–Trinajstić information content (AvgIpc) is 3.59. The number of hydrogen-bond donors (Lipinski definition) is 3. The molecule has 36 heavy (non-hydrogen) atoms. The maximum atomic E-state index is 13.8. The zero-order chi connectivity index (χ0) is 27.1. The van der Waals surface area contributed by atoms with Gasteiger partial charge in [-0.3, -0.25) is 4.79 Å². The number of hydrogen-bond acceptors (Lipinski definition) is 3. The van der Waals surface area contributed by atoms with Gasteiger partial charge < -0.3 is 15.7 Å². The fraction of sp³-hybridized carbons (Fsp3) is 0.409. The molecule has 2 aromatic carbocycles. The van der Waals surface area contributed by atoms with Crippen molar-refractivity contribution >= 4 is 23.2 Å². The van der Waals surface area contributed by atoms with Gasteiger partial charge in [-0.15, -0.1) is 0 Å². The minimum absolute atomic E-state index is 0.0633. The molecular weight excluding hydrogens is 531 g/mol. The quantitative estimate of drug-likeness (QED) is 0.358. The summed E-state index contributed by atoms with van der Waals surface area (Å²) < 4.78 is 121. The zero-order valence-corrected chi connectivity index (χ0v) is 18.8. The number of amides is 1. The summed E-state index contributed by atoms with van der Waals surface area (Å²) in [6, 6.07) is 3.32. The van der Waals surface area contributed by atoms with Crippen LogP contribution in [0.25, 0.3) is 0 Å². The van der Waals surface area contributed by atoms with Crippen LogP contribution in [-0.2, 0) is 29.3 Å². The molecule has 3 rings (SSSR count). The summed E-state index contributed by atoms with van der Waals surface area (Å²) >= 11 is 5.54. The fourth-order valence-corrected chi connectivity index (χ4v) is 3.60. The molecule has 0 bridgehead atoms. The van der Waals surface area contributed by atoms with Gasteiger partial charge in [-0.25, -0.2) is 0 Å². The Balaban J connectivity index is 1.90. The third kappa shape index (κ3) is 6.36. The standard InChI is InChI=1S/C22H18ClF9N2O2/c23-15-6-13(5-14(7-15)20(24,25)26)19(36,22(30,31)32)10-34-16-4-3-12(17(8-16)21(27,28)29)9-33-18(35)11-1-2-11/h3-8,11,34,36H,1-2,9-10H2,(H,33,35)/t19-/m0/s1. The fourth-order valence-electron chi connectivity index (χ4n) is 3.36. The molecule has 1 saturated carbocycles. The molecule has 1 amide bonds. The van der Waals surface area contributed by atoms with Crippen LogP contribution in [-0.4, -0.2) is 23.7 Å². The van der Waals surface area contributed by atoms with Gasteiger partial charge in [-0.2, -0.15) is 39.5 Å². The normalized spacial score (nSPS) is 16.4. The molecule has 0 aromatic heterocycles. The van der Waals surface area contributed by atoms with Crippen molar-refractivity contribution in [1.82, 2.24) is 5.32 Å². The van der Waals surface area contributed by atoms with Gasteiger partial charge in [-0.05, 0) is 54.3 Å². The van der Waals surface area contributed by atoms with Gasteiger partial charge in [0.25, 0.3) is 0 Å². The van der Waals surface area contributed by atoms with Crippen LogP contribution >= 0.6 is 11.6 Å². The third-order valence-corrected chi connectivity index (χ3v) is 5.75. The van der Waals surface area contributed by atoms with Crippen LogP contribution in [0.5, 0.6) is 0 Å². The van der Waals surface area contributed by atoms with Crippen LogP contribution in [0.1, 0.15) is 35.1 Å². The van der Waals surface area contributed by atoms with Gasteiger partial charge in [0.2, 0.25) is 11.5 Å². The Hall–Kier alpha value is -2.67. The number of anilines is 1. The molecule has 0 saturated heterocycles. The van der Waals surface area contributed by atoms with E-state index in [1.807, 2.05) is 5.32 Å². The maximum Gasteiger partial charge on any atom is 0.423 e. The molecule has 1 aliphatic carbocycles. The van der Waals surface area contributed by atoms with Crippen LogP contribution < -0.4 is 10.6 Å². The topological polar surface area (TPSA) is 61.4 Å². The summed E-state index contributed by atoms with van der Waals surface area (Å²) in [5, 5.41) is 14.0. The molecule has 0 unspecified atom stereocenters. The first kappa shape index (κ1) is 27.9. The van der Waals surface area contributed by atoms with E-state index in [0.29, 0.717) is 31.0 Å². The minimum Gasteiger partial charge on any atom is -0.381 e. The monoisotopic (exact) mass is 548 g/mol. The van der Waals surface area contributed by atoms with Gasteiger partial charge in [-0.1, -0.05) is 17.7 Å². The van der Waals surface area contributed by atoms with Gasteiger partial charge in [0.05, 0.1) is 17.7 Å². The SMILES string of the molecule is O=C(NCc1ccc(NC[C@](O)(c2cc(Cl)cc(C(F)(F)F)c2)C(F)(F)F)cc1C(F)(F)F)C1CC1. The van der Waals surface area contributed by atoms with Crippen LogP contribution in [0.3, 0.4) is 0 Å². The second-order valence-corrected chi connectivity index (χ2v) is 8.74. The van der Waals surface area contributed by atoms with Crippen molar-refractivity contribution in [2.24, 2.45) is 5.92 Å². The second kappa shape index (κ2) is 9.66. The number of halogens is 10. The van der Waals surface area contributed by atoms with Crippen LogP contribution in [0.15, 0.2) is 36.4 Å². The first-order valence-electron chi connectivity index (χ1n) is 10.3. The molecule has 1 atom stereocenters. The molecule has 1 fully saturated rings. The molecule has 3 N–H and O–H groups in total. The maximum absolute atomic E-state index is 13.8. The minimum atomic E-state index is -5.53. The molecule has 14 heteroatoms. The number of rotatable bonds is 7. The molecule has 1 aliphatic rings. The highest BCUT2D eigenvalue weighted by Crippen LogP contribution is 2.43. The van der Waals surface area contributed by atoms with E-state index < -0.39 is 70.5 Å². The Morgan fingerprint density at radius 3 is 2.06 bits per heavy atom. The van der Waals surface area contributed by atoms with Crippen molar-refractivity contribution in [2.45, 2.75) is 43.5 Å². The highest BCUT2D eigenvalue weighted by atomic mass is 35.5. The van der Waals surface area contributed by atoms with Gasteiger partial charge in [0, 0.05) is 23.2 Å². The summed E-state index contributed by atoms with van der Waals surface area (Å²) in [6.07, 6.45) is -14.3. The van der Waals surface area contributed by atoms with E-state index in [1.165, 1.54) is 0 Å². The Morgan fingerprint density at radius 1 is 0.917 bits per heavy atom. The molecule has 2 aromatic rings. The predicted molar refractivity (Wildman–Crippen MR) is 111 cm³/mol. The zero-order valence-electron chi connectivity index (χ0n) is 18.0. The summed E-state index contributed by atoms with van der Waals surface area (Å²) in [7, 11) is 0. The van der Waals surface area contributed by atoms with Crippen molar-refractivity contribution in [1.29, 1.82) is 0 Å². The van der Waals surface area contributed by atoms with Crippen molar-refractivity contribution in [3.63, 3.8) is 0 Å². The highest BCUT2D eigenvalue weighted by Gasteiger charge is 2.55. The molecule has 198 valence electrons. The van der Waals surface area contributed by atoms with Crippen molar-refractivity contribution in [3.8, 4) is 0 Å². The lowest BCUT2D eigenvalue weighted by atomic mass is 9.91. The largest absolute Gasteiger partial charge is 0.423 e. The summed E-state index contributed by atoms with van der Waals surface area (Å²) in [6.45, 7) is -2.00. The Kier molecular flexibility index (Phi) is 7.49. The van der Waals surface area contributed by atoms with Crippen molar-refractivity contribution < 1.29 is 49.4 Å². The number of aliphatic hydroxyl groups is 1. The number of benzene rings is 2. The molecule has 0 radical (unpaired) electrons. The number of alkyl halides is 9. The van der Waals surface area contributed by atoms with Crippen molar-refractivity contribution in [2.75, 3.05) is 11.9 Å². The van der Waals surface area contributed by atoms with Crippen molar-refractivity contribution in [3.05, 3.63) is 63.7 Å². The van der Waals surface area contributed by atoms with Crippen LogP contribution in [0.2, 0.25) is 5.02 Å². The summed E-state index contributed by atoms with van der Waals surface area (Å²) in [4.78, 5) is 11.7. The summed E-state index contributed by atoms with van der Waals surface area (Å²) in [5.74, 6) is -0.676. The number of carbonyl (C=O) groups is 1. The van der Waals surface area contributed by atoms with E-state index in [-0.39, 0.29) is 17.5 Å². The summed E-state index contributed by atoms with van der Waals surface area (Å²) in [5.41, 5.74) is -8.84. The second-order valence-electron chi connectivity index (χ2n) is 8.30. The Bertz CT molecular complexity index is 1130. The Morgan fingerprint density at radius 2 is 1.53 bits per heavy atom. The van der Waals surface area contributed by atoms with E-state index in [4.69, 9.17) is 11.6 Å². The van der Waals surface area contributed by atoms with E-state index in [9.17, 15) is 49.4 Å². The van der Waals surface area contributed by atoms with E-state index in [1.54, 1.807) is 0 Å². The lowest BCUT2D eigenvalue weighted by Crippen LogP contribution is -2.48. The van der Waals surface area contributed by atoms with E-state index in [0.717, 1.165) is 12.1 Å². The van der Waals surface area contributed by atoms with Gasteiger partial charge in [0.1, 0.15) is 0 Å². The third-order valence-electron chi connectivity index (χ3n) is 5.54. The smallest absolute Gasteiger partial charge is 0.381 e. The van der Waals surface area contributed by atoms with E-state index in [2.05, 4.69) is 5.32 Å². The van der Waals surface area contributed by atoms with Gasteiger partial charge in [0.15, 0.2) is 0 Å². The molecular formula is C22H18ClF9N2O2. The first-order chi connectivity index (χ1) is 16.4. The average molecular weight is 549 g/mol. The predicted octanol–water partition coefficient (Wildman–Crippen LogP) is 6.27.